The summed E-state index contributed by atoms with van der Waals surface area (Å²) >= 11 is 12.2. The third-order valence-electron chi connectivity index (χ3n) is 5.60. The molecule has 0 aliphatic carbocycles. The van der Waals surface area contributed by atoms with E-state index in [0.717, 1.165) is 11.1 Å². The van der Waals surface area contributed by atoms with E-state index >= 15 is 0 Å². The normalized spacial score (nSPS) is 15.5. The minimum Gasteiger partial charge on any atom is -0.450 e. The average molecular weight is 450 g/mol. The fourth-order valence-electron chi connectivity index (χ4n) is 4.11. The zero-order valence-electron chi connectivity index (χ0n) is 16.3. The molecule has 0 radical (unpaired) electrons. The van der Waals surface area contributed by atoms with Gasteiger partial charge >= 0.3 is 0 Å². The van der Waals surface area contributed by atoms with Crippen LogP contribution in [0.3, 0.4) is 0 Å². The van der Waals surface area contributed by atoms with Crippen molar-refractivity contribution in [2.75, 3.05) is 6.54 Å². The summed E-state index contributed by atoms with van der Waals surface area (Å²) in [7, 11) is 0. The van der Waals surface area contributed by atoms with E-state index < -0.39 is 6.04 Å². The van der Waals surface area contributed by atoms with E-state index in [1.54, 1.807) is 35.2 Å². The zero-order chi connectivity index (χ0) is 21.5. The monoisotopic (exact) mass is 449 g/mol. The average Bonchev–Trinajstić information content (AvgIpc) is 3.06. The number of rotatable bonds is 4. The standard InChI is InChI=1S/C25H17Cl2NO3/c26-17-8-6-16(7-9-17)22-21-23(29)19-14-18(27)10-11-20(19)31-24(21)25(30)28(22)13-12-15-4-2-1-3-5-15/h1-11,14,22H,12-13H2/t22-/m0/s1. The molecule has 154 valence electrons. The van der Waals surface area contributed by atoms with Gasteiger partial charge < -0.3 is 9.32 Å². The highest BCUT2D eigenvalue weighted by Gasteiger charge is 2.42. The molecular weight excluding hydrogens is 433 g/mol. The van der Waals surface area contributed by atoms with Gasteiger partial charge in [0.2, 0.25) is 5.76 Å². The van der Waals surface area contributed by atoms with Crippen molar-refractivity contribution >= 4 is 40.1 Å². The van der Waals surface area contributed by atoms with Crippen molar-refractivity contribution in [3.05, 3.63) is 116 Å². The first kappa shape index (κ1) is 19.9. The van der Waals surface area contributed by atoms with Crippen LogP contribution in [0.5, 0.6) is 0 Å². The molecule has 4 nitrogen and oxygen atoms in total. The summed E-state index contributed by atoms with van der Waals surface area (Å²) in [5.41, 5.74) is 2.36. The molecule has 1 aliphatic heterocycles. The molecule has 5 rings (SSSR count). The van der Waals surface area contributed by atoms with Crippen molar-refractivity contribution < 1.29 is 9.21 Å². The third kappa shape index (κ3) is 3.52. The molecule has 6 heteroatoms. The van der Waals surface area contributed by atoms with Crippen molar-refractivity contribution in [2.45, 2.75) is 12.5 Å². The van der Waals surface area contributed by atoms with Gasteiger partial charge in [0, 0.05) is 16.6 Å². The fourth-order valence-corrected chi connectivity index (χ4v) is 4.41. The molecule has 1 atom stereocenters. The molecule has 31 heavy (non-hydrogen) atoms. The number of hydrogen-bond donors (Lipinski definition) is 0. The Balaban J connectivity index is 1.66. The van der Waals surface area contributed by atoms with Crippen LogP contribution < -0.4 is 5.43 Å². The summed E-state index contributed by atoms with van der Waals surface area (Å²) in [6.07, 6.45) is 0.657. The van der Waals surface area contributed by atoms with Gasteiger partial charge in [0.1, 0.15) is 5.58 Å². The molecule has 3 aromatic carbocycles. The fraction of sp³-hybridized carbons (Fsp3) is 0.120. The summed E-state index contributed by atoms with van der Waals surface area (Å²) in [5, 5.41) is 1.39. The van der Waals surface area contributed by atoms with Crippen LogP contribution in [0.15, 0.2) is 82.0 Å². The highest BCUT2D eigenvalue weighted by molar-refractivity contribution is 6.31. The summed E-state index contributed by atoms with van der Waals surface area (Å²) in [4.78, 5) is 28.5. The number of amides is 1. The van der Waals surface area contributed by atoms with Gasteiger partial charge in [-0.3, -0.25) is 9.59 Å². The van der Waals surface area contributed by atoms with Crippen LogP contribution in [0.25, 0.3) is 11.0 Å². The number of carbonyl (C=O) groups is 1. The summed E-state index contributed by atoms with van der Waals surface area (Å²) in [6.45, 7) is 0.441. The molecule has 4 aromatic rings. The van der Waals surface area contributed by atoms with Gasteiger partial charge in [-0.25, -0.2) is 0 Å². The van der Waals surface area contributed by atoms with E-state index in [0.29, 0.717) is 39.5 Å². The molecule has 1 aromatic heterocycles. The number of carbonyl (C=O) groups excluding carboxylic acids is 1. The Hall–Kier alpha value is -3.08. The number of halogens is 2. The van der Waals surface area contributed by atoms with Crippen LogP contribution in [0.1, 0.15) is 33.3 Å². The van der Waals surface area contributed by atoms with Gasteiger partial charge in [0.05, 0.1) is 17.0 Å². The SMILES string of the molecule is O=C1c2oc3ccc(Cl)cc3c(=O)c2[C@H](c2ccc(Cl)cc2)N1CCc1ccccc1. The predicted octanol–water partition coefficient (Wildman–Crippen LogP) is 5.89. The molecule has 1 amide bonds. The lowest BCUT2D eigenvalue weighted by molar-refractivity contribution is 0.0730. The Morgan fingerprint density at radius 1 is 0.871 bits per heavy atom. The molecule has 0 N–H and O–H groups in total. The molecule has 0 unspecified atom stereocenters. The molecule has 0 spiro atoms. The van der Waals surface area contributed by atoms with Crippen LogP contribution in [0.4, 0.5) is 0 Å². The Bertz CT molecular complexity index is 1350. The topological polar surface area (TPSA) is 50.5 Å². The number of nitrogens with zero attached hydrogens (tertiary/aromatic N) is 1. The Labute approximate surface area is 188 Å². The number of hydrogen-bond acceptors (Lipinski definition) is 3. The minimum absolute atomic E-state index is 0.0906. The maximum Gasteiger partial charge on any atom is 0.290 e. The van der Waals surface area contributed by atoms with Gasteiger partial charge in [-0.2, -0.15) is 0 Å². The first-order valence-corrected chi connectivity index (χ1v) is 10.6. The van der Waals surface area contributed by atoms with Gasteiger partial charge in [0.25, 0.3) is 5.91 Å². The molecule has 0 bridgehead atoms. The van der Waals surface area contributed by atoms with Crippen molar-refractivity contribution in [1.82, 2.24) is 4.90 Å². The first-order chi connectivity index (χ1) is 15.0. The molecule has 0 fully saturated rings. The minimum atomic E-state index is -0.553. The maximum atomic E-state index is 13.5. The van der Waals surface area contributed by atoms with E-state index in [2.05, 4.69) is 0 Å². The van der Waals surface area contributed by atoms with Gasteiger partial charge in [-0.1, -0.05) is 65.7 Å². The smallest absolute Gasteiger partial charge is 0.290 e. The predicted molar refractivity (Wildman–Crippen MR) is 122 cm³/mol. The second-order valence-corrected chi connectivity index (χ2v) is 8.38. The Morgan fingerprint density at radius 2 is 1.58 bits per heavy atom. The second-order valence-electron chi connectivity index (χ2n) is 7.50. The quantitative estimate of drug-likeness (QED) is 0.390. The highest BCUT2D eigenvalue weighted by atomic mass is 35.5. The summed E-state index contributed by atoms with van der Waals surface area (Å²) in [6, 6.07) is 21.4. The molecule has 1 aliphatic rings. The van der Waals surface area contributed by atoms with Crippen LogP contribution in [0.2, 0.25) is 10.0 Å². The van der Waals surface area contributed by atoms with Crippen molar-refractivity contribution in [2.24, 2.45) is 0 Å². The van der Waals surface area contributed by atoms with Crippen molar-refractivity contribution in [3.63, 3.8) is 0 Å². The largest absolute Gasteiger partial charge is 0.450 e. The van der Waals surface area contributed by atoms with Crippen molar-refractivity contribution in [1.29, 1.82) is 0 Å². The lowest BCUT2D eigenvalue weighted by Crippen LogP contribution is -2.31. The summed E-state index contributed by atoms with van der Waals surface area (Å²) < 4.78 is 5.93. The highest BCUT2D eigenvalue weighted by Crippen LogP contribution is 2.38. The Kier molecular flexibility index (Phi) is 5.05. The van der Waals surface area contributed by atoms with E-state index in [9.17, 15) is 9.59 Å². The van der Waals surface area contributed by atoms with E-state index in [1.807, 2.05) is 42.5 Å². The number of fused-ring (bicyclic) bond motifs is 2. The molecule has 2 heterocycles. The van der Waals surface area contributed by atoms with Gasteiger partial charge in [-0.05, 0) is 47.9 Å². The van der Waals surface area contributed by atoms with E-state index in [4.69, 9.17) is 27.6 Å². The lowest BCUT2D eigenvalue weighted by Gasteiger charge is -2.25. The van der Waals surface area contributed by atoms with Gasteiger partial charge in [-0.15, -0.1) is 0 Å². The van der Waals surface area contributed by atoms with Crippen LogP contribution >= 0.6 is 23.2 Å². The van der Waals surface area contributed by atoms with Crippen LogP contribution in [-0.2, 0) is 6.42 Å². The van der Waals surface area contributed by atoms with Crippen LogP contribution in [-0.4, -0.2) is 17.4 Å². The number of benzene rings is 3. The Morgan fingerprint density at radius 3 is 2.32 bits per heavy atom. The maximum absolute atomic E-state index is 13.5. The molecule has 0 saturated heterocycles. The van der Waals surface area contributed by atoms with E-state index in [-0.39, 0.29) is 17.1 Å². The third-order valence-corrected chi connectivity index (χ3v) is 6.08. The summed E-state index contributed by atoms with van der Waals surface area (Å²) in [5.74, 6) is -0.201. The first-order valence-electron chi connectivity index (χ1n) is 9.89. The lowest BCUT2D eigenvalue weighted by atomic mass is 9.98. The molecule has 0 saturated carbocycles. The second kappa shape index (κ2) is 7.88. The van der Waals surface area contributed by atoms with Crippen molar-refractivity contribution in [3.8, 4) is 0 Å². The van der Waals surface area contributed by atoms with Gasteiger partial charge in [0.15, 0.2) is 5.43 Å². The van der Waals surface area contributed by atoms with E-state index in [1.165, 1.54) is 0 Å². The molecular formula is C25H17Cl2NO3. The van der Waals surface area contributed by atoms with Crippen LogP contribution in [0, 0.1) is 0 Å². The zero-order valence-corrected chi connectivity index (χ0v) is 17.9.